The van der Waals surface area contributed by atoms with Crippen LogP contribution in [0, 0.1) is 0 Å². The van der Waals surface area contributed by atoms with E-state index < -0.39 is 17.4 Å². The van der Waals surface area contributed by atoms with Crippen LogP contribution >= 0.6 is 11.6 Å². The van der Waals surface area contributed by atoms with Crippen LogP contribution in [-0.2, 0) is 10.3 Å². The number of aliphatic carboxylic acids is 1. The molecular weight excluding hydrogens is 358 g/mol. The predicted molar refractivity (Wildman–Crippen MR) is 98.1 cm³/mol. The number of carbonyl (C=O) groups excluding carboxylic acids is 1. The van der Waals surface area contributed by atoms with Crippen molar-refractivity contribution in [2.75, 3.05) is 14.2 Å². The summed E-state index contributed by atoms with van der Waals surface area (Å²) in [5, 5.41) is 12.5. The van der Waals surface area contributed by atoms with Crippen molar-refractivity contribution < 1.29 is 24.2 Å². The third kappa shape index (κ3) is 4.46. The SMILES string of the molecule is COc1cccc(C(C)(CC(=O)O)NC(=O)c2ccc(Cl)c(OC)c2)c1. The standard InChI is InChI=1S/C19H20ClNO5/c1-19(11-17(22)23,13-5-4-6-14(10-13)25-2)21-18(24)12-7-8-15(20)16(9-12)26-3/h4-10H,11H2,1-3H3,(H,21,24)(H,22,23). The normalized spacial score (nSPS) is 12.8. The van der Waals surface area contributed by atoms with Gasteiger partial charge in [-0.25, -0.2) is 0 Å². The molecule has 0 aliphatic carbocycles. The number of ether oxygens (including phenoxy) is 2. The highest BCUT2D eigenvalue weighted by Gasteiger charge is 2.32. The van der Waals surface area contributed by atoms with Crippen molar-refractivity contribution in [1.82, 2.24) is 5.32 Å². The molecule has 2 rings (SSSR count). The molecule has 7 heteroatoms. The Morgan fingerprint density at radius 3 is 2.50 bits per heavy atom. The quantitative estimate of drug-likeness (QED) is 0.771. The summed E-state index contributed by atoms with van der Waals surface area (Å²) in [5.41, 5.74) is -0.205. The number of carbonyl (C=O) groups is 2. The monoisotopic (exact) mass is 377 g/mol. The van der Waals surface area contributed by atoms with Gasteiger partial charge in [0.15, 0.2) is 0 Å². The van der Waals surface area contributed by atoms with Crippen LogP contribution in [0.5, 0.6) is 11.5 Å². The molecule has 26 heavy (non-hydrogen) atoms. The Balaban J connectivity index is 2.37. The molecule has 0 saturated carbocycles. The van der Waals surface area contributed by atoms with Gasteiger partial charge in [0.05, 0.1) is 31.2 Å². The van der Waals surface area contributed by atoms with Crippen LogP contribution < -0.4 is 14.8 Å². The lowest BCUT2D eigenvalue weighted by molar-refractivity contribution is -0.138. The molecule has 0 bridgehead atoms. The van der Waals surface area contributed by atoms with E-state index in [2.05, 4.69) is 5.32 Å². The largest absolute Gasteiger partial charge is 0.497 e. The summed E-state index contributed by atoms with van der Waals surface area (Å²) in [5.74, 6) is -0.544. The molecule has 2 N–H and O–H groups in total. The molecule has 0 saturated heterocycles. The number of carboxylic acids is 1. The molecule has 1 unspecified atom stereocenters. The number of halogens is 1. The number of rotatable bonds is 7. The minimum Gasteiger partial charge on any atom is -0.497 e. The summed E-state index contributed by atoms with van der Waals surface area (Å²) in [6.07, 6.45) is -0.295. The summed E-state index contributed by atoms with van der Waals surface area (Å²) in [6.45, 7) is 1.65. The second-order valence-electron chi connectivity index (χ2n) is 5.94. The van der Waals surface area contributed by atoms with Crippen LogP contribution in [0.15, 0.2) is 42.5 Å². The van der Waals surface area contributed by atoms with E-state index in [9.17, 15) is 14.7 Å². The van der Waals surface area contributed by atoms with Gasteiger partial charge >= 0.3 is 5.97 Å². The number of carboxylic acid groups (broad SMARTS) is 1. The zero-order valence-corrected chi connectivity index (χ0v) is 15.5. The van der Waals surface area contributed by atoms with Gasteiger partial charge in [0.2, 0.25) is 0 Å². The van der Waals surface area contributed by atoms with E-state index >= 15 is 0 Å². The second kappa shape index (κ2) is 8.10. The number of hydrogen-bond acceptors (Lipinski definition) is 4. The first kappa shape index (κ1) is 19.6. The van der Waals surface area contributed by atoms with Gasteiger partial charge in [0.25, 0.3) is 5.91 Å². The van der Waals surface area contributed by atoms with Crippen LogP contribution in [0.2, 0.25) is 5.02 Å². The minimum absolute atomic E-state index is 0.295. The molecule has 2 aromatic rings. The molecule has 0 heterocycles. The van der Waals surface area contributed by atoms with Crippen molar-refractivity contribution in [3.63, 3.8) is 0 Å². The topological polar surface area (TPSA) is 84.9 Å². The fraction of sp³-hybridized carbons (Fsp3) is 0.263. The van der Waals surface area contributed by atoms with Crippen molar-refractivity contribution >= 4 is 23.5 Å². The molecule has 0 fully saturated rings. The first-order chi connectivity index (χ1) is 12.3. The van der Waals surface area contributed by atoms with Crippen molar-refractivity contribution in [2.45, 2.75) is 18.9 Å². The Morgan fingerprint density at radius 2 is 1.88 bits per heavy atom. The number of hydrogen-bond donors (Lipinski definition) is 2. The van der Waals surface area contributed by atoms with E-state index in [0.29, 0.717) is 27.6 Å². The van der Waals surface area contributed by atoms with Crippen LogP contribution in [-0.4, -0.2) is 31.2 Å². The molecule has 0 aliphatic heterocycles. The summed E-state index contributed by atoms with van der Waals surface area (Å²) in [7, 11) is 2.97. The van der Waals surface area contributed by atoms with Crippen LogP contribution in [0.1, 0.15) is 29.3 Å². The molecule has 138 valence electrons. The van der Waals surface area contributed by atoms with Gasteiger partial charge in [-0.1, -0.05) is 23.7 Å². The van der Waals surface area contributed by atoms with Crippen LogP contribution in [0.25, 0.3) is 0 Å². The Kier molecular flexibility index (Phi) is 6.10. The first-order valence-corrected chi connectivity index (χ1v) is 8.19. The van der Waals surface area contributed by atoms with Gasteiger partial charge in [-0.15, -0.1) is 0 Å². The number of benzene rings is 2. The van der Waals surface area contributed by atoms with E-state index in [1.165, 1.54) is 20.3 Å². The van der Waals surface area contributed by atoms with Gasteiger partial charge < -0.3 is 19.9 Å². The molecule has 0 aliphatic rings. The van der Waals surface area contributed by atoms with Gasteiger partial charge in [-0.05, 0) is 42.8 Å². The second-order valence-corrected chi connectivity index (χ2v) is 6.35. The molecular formula is C19H20ClNO5. The van der Waals surface area contributed by atoms with E-state index in [-0.39, 0.29) is 6.42 Å². The summed E-state index contributed by atoms with van der Waals surface area (Å²) < 4.78 is 10.3. The first-order valence-electron chi connectivity index (χ1n) is 7.81. The lowest BCUT2D eigenvalue weighted by Gasteiger charge is -2.30. The zero-order chi connectivity index (χ0) is 19.3. The smallest absolute Gasteiger partial charge is 0.306 e. The third-order valence-corrected chi connectivity index (χ3v) is 4.33. The summed E-state index contributed by atoms with van der Waals surface area (Å²) in [4.78, 5) is 24.1. The Hall–Kier alpha value is -2.73. The molecule has 2 aromatic carbocycles. The third-order valence-electron chi connectivity index (χ3n) is 4.01. The van der Waals surface area contributed by atoms with Crippen molar-refractivity contribution in [1.29, 1.82) is 0 Å². The average molecular weight is 378 g/mol. The van der Waals surface area contributed by atoms with E-state index in [4.69, 9.17) is 21.1 Å². The maximum Gasteiger partial charge on any atom is 0.306 e. The van der Waals surface area contributed by atoms with Crippen LogP contribution in [0.3, 0.4) is 0 Å². The summed E-state index contributed by atoms with van der Waals surface area (Å²) >= 11 is 5.98. The lowest BCUT2D eigenvalue weighted by Crippen LogP contribution is -2.45. The van der Waals surface area contributed by atoms with E-state index in [0.717, 1.165) is 0 Å². The Labute approximate surface area is 156 Å². The zero-order valence-electron chi connectivity index (χ0n) is 14.7. The number of methoxy groups -OCH3 is 2. The van der Waals surface area contributed by atoms with Crippen molar-refractivity contribution in [3.8, 4) is 11.5 Å². The molecule has 1 atom stereocenters. The molecule has 0 aromatic heterocycles. The molecule has 6 nitrogen and oxygen atoms in total. The Bertz CT molecular complexity index is 823. The maximum absolute atomic E-state index is 12.7. The van der Waals surface area contributed by atoms with Gasteiger partial charge in [-0.2, -0.15) is 0 Å². The maximum atomic E-state index is 12.7. The van der Waals surface area contributed by atoms with Crippen molar-refractivity contribution in [3.05, 3.63) is 58.6 Å². The molecule has 0 spiro atoms. The number of nitrogens with one attached hydrogen (secondary N) is 1. The van der Waals surface area contributed by atoms with Gasteiger partial charge in [0, 0.05) is 5.56 Å². The average Bonchev–Trinajstić information content (AvgIpc) is 2.61. The lowest BCUT2D eigenvalue weighted by atomic mass is 9.88. The highest BCUT2D eigenvalue weighted by Crippen LogP contribution is 2.29. The Morgan fingerprint density at radius 1 is 1.15 bits per heavy atom. The predicted octanol–water partition coefficient (Wildman–Crippen LogP) is 3.48. The molecule has 1 amide bonds. The minimum atomic E-state index is -1.13. The fourth-order valence-electron chi connectivity index (χ4n) is 2.61. The number of amides is 1. The van der Waals surface area contributed by atoms with Gasteiger partial charge in [0.1, 0.15) is 11.5 Å². The highest BCUT2D eigenvalue weighted by molar-refractivity contribution is 6.32. The van der Waals surface area contributed by atoms with Gasteiger partial charge in [-0.3, -0.25) is 9.59 Å². The van der Waals surface area contributed by atoms with E-state index in [1.54, 1.807) is 43.3 Å². The fourth-order valence-corrected chi connectivity index (χ4v) is 2.81. The highest BCUT2D eigenvalue weighted by atomic mass is 35.5. The van der Waals surface area contributed by atoms with Crippen LogP contribution in [0.4, 0.5) is 0 Å². The summed E-state index contributed by atoms with van der Waals surface area (Å²) in [6, 6.07) is 11.5. The van der Waals surface area contributed by atoms with E-state index in [1.807, 2.05) is 0 Å². The van der Waals surface area contributed by atoms with Crippen molar-refractivity contribution in [2.24, 2.45) is 0 Å². The molecule has 0 radical (unpaired) electrons.